The summed E-state index contributed by atoms with van der Waals surface area (Å²) < 4.78 is 0. The van der Waals surface area contributed by atoms with E-state index in [1.807, 2.05) is 0 Å². The van der Waals surface area contributed by atoms with Gasteiger partial charge in [-0.05, 0) is 18.6 Å². The molecule has 0 spiro atoms. The van der Waals surface area contributed by atoms with Crippen molar-refractivity contribution in [1.29, 1.82) is 0 Å². The Hall–Kier alpha value is -1.84. The number of carboxylic acids is 1. The van der Waals surface area contributed by atoms with Gasteiger partial charge >= 0.3 is 5.97 Å². The van der Waals surface area contributed by atoms with Crippen LogP contribution in [0, 0.1) is 5.92 Å². The van der Waals surface area contributed by atoms with Crippen LogP contribution in [-0.2, 0) is 4.79 Å². The molecule has 0 aliphatic rings. The molecular weight excluding hydrogens is 362 g/mol. The molecule has 29 heavy (non-hydrogen) atoms. The topological polar surface area (TPSA) is 80.4 Å². The van der Waals surface area contributed by atoms with Crippen molar-refractivity contribution in [1.82, 2.24) is 0 Å². The second-order valence-corrected chi connectivity index (χ2v) is 8.23. The van der Waals surface area contributed by atoms with Gasteiger partial charge in [-0.15, -0.1) is 0 Å². The number of carbonyl (C=O) groups excluding carboxylic acids is 1. The number of rotatable bonds is 18. The van der Waals surface area contributed by atoms with E-state index < -0.39 is 11.9 Å². The zero-order valence-corrected chi connectivity index (χ0v) is 18.3. The average Bonchev–Trinajstić information content (AvgIpc) is 2.70. The number of unbranched alkanes of at least 4 members (excludes halogenated alkanes) is 13. The van der Waals surface area contributed by atoms with Crippen LogP contribution >= 0.6 is 0 Å². The van der Waals surface area contributed by atoms with Crippen molar-refractivity contribution < 1.29 is 14.7 Å². The zero-order valence-electron chi connectivity index (χ0n) is 18.3. The molecule has 0 saturated heterocycles. The molecule has 4 heteroatoms. The molecule has 3 N–H and O–H groups in total. The molecule has 0 radical (unpaired) electrons. The molecule has 1 atom stereocenters. The summed E-state index contributed by atoms with van der Waals surface area (Å²) in [6, 6.07) is 6.71. The van der Waals surface area contributed by atoms with Gasteiger partial charge in [-0.25, -0.2) is 0 Å². The number of nitrogens with two attached hydrogens (primary N) is 1. The molecule has 1 aromatic rings. The molecule has 1 aromatic carbocycles. The molecule has 1 rings (SSSR count). The van der Waals surface area contributed by atoms with Gasteiger partial charge in [0, 0.05) is 11.3 Å². The van der Waals surface area contributed by atoms with Gasteiger partial charge in [0.1, 0.15) is 5.92 Å². The van der Waals surface area contributed by atoms with Crippen molar-refractivity contribution in [2.75, 3.05) is 5.73 Å². The monoisotopic (exact) mass is 403 g/mol. The number of ketones is 1. The fourth-order valence-electron chi connectivity index (χ4n) is 3.82. The highest BCUT2D eigenvalue weighted by atomic mass is 16.4. The van der Waals surface area contributed by atoms with E-state index in [9.17, 15) is 14.7 Å². The summed E-state index contributed by atoms with van der Waals surface area (Å²) in [5, 5.41) is 9.44. The van der Waals surface area contributed by atoms with Crippen LogP contribution in [0.15, 0.2) is 24.3 Å². The molecule has 0 bridgehead atoms. The van der Waals surface area contributed by atoms with Gasteiger partial charge in [0.25, 0.3) is 0 Å². The van der Waals surface area contributed by atoms with Gasteiger partial charge in [-0.3, -0.25) is 9.59 Å². The highest BCUT2D eigenvalue weighted by Gasteiger charge is 2.27. The number of benzene rings is 1. The molecule has 0 fully saturated rings. The number of para-hydroxylation sites is 1. The average molecular weight is 404 g/mol. The summed E-state index contributed by atoms with van der Waals surface area (Å²) >= 11 is 0. The Balaban J connectivity index is 2.08. The fraction of sp³-hybridized carbons (Fsp3) is 0.680. The Labute approximate surface area is 177 Å². The van der Waals surface area contributed by atoms with Crippen LogP contribution in [0.4, 0.5) is 5.69 Å². The summed E-state index contributed by atoms with van der Waals surface area (Å²) in [5.41, 5.74) is 6.50. The molecule has 0 aliphatic carbocycles. The third-order valence-corrected chi connectivity index (χ3v) is 5.69. The largest absolute Gasteiger partial charge is 0.481 e. The lowest BCUT2D eigenvalue weighted by atomic mass is 9.91. The molecular formula is C25H41NO3. The zero-order chi connectivity index (χ0) is 21.3. The van der Waals surface area contributed by atoms with Gasteiger partial charge in [0.15, 0.2) is 5.78 Å². The van der Waals surface area contributed by atoms with Crippen LogP contribution < -0.4 is 5.73 Å². The Morgan fingerprint density at radius 1 is 0.793 bits per heavy atom. The van der Waals surface area contributed by atoms with Crippen LogP contribution in [0.5, 0.6) is 0 Å². The number of hydrogen-bond donors (Lipinski definition) is 2. The van der Waals surface area contributed by atoms with Gasteiger partial charge in [0.2, 0.25) is 0 Å². The maximum atomic E-state index is 12.5. The van der Waals surface area contributed by atoms with Crippen molar-refractivity contribution in [3.8, 4) is 0 Å². The van der Waals surface area contributed by atoms with E-state index in [1.165, 1.54) is 70.6 Å². The van der Waals surface area contributed by atoms with Gasteiger partial charge in [0.05, 0.1) is 0 Å². The number of hydrogen-bond acceptors (Lipinski definition) is 3. The first-order chi connectivity index (χ1) is 14.1. The minimum absolute atomic E-state index is 0.324. The summed E-state index contributed by atoms with van der Waals surface area (Å²) in [5.74, 6) is -2.41. The van der Waals surface area contributed by atoms with Crippen molar-refractivity contribution in [2.24, 2.45) is 5.92 Å². The summed E-state index contributed by atoms with van der Waals surface area (Å²) in [7, 11) is 0. The predicted molar refractivity (Wildman–Crippen MR) is 121 cm³/mol. The molecule has 0 heterocycles. The summed E-state index contributed by atoms with van der Waals surface area (Å²) in [4.78, 5) is 24.0. The standard InChI is InChI=1S/C25H41NO3/c1-2-3-4-5-6-7-8-9-10-11-12-13-14-15-19-22(25(28)29)24(27)21-18-16-17-20-23(21)26/h16-18,20,22H,2-15,19,26H2,1H3,(H,28,29). The summed E-state index contributed by atoms with van der Waals surface area (Å²) in [6.07, 6.45) is 18.0. The lowest BCUT2D eigenvalue weighted by Gasteiger charge is -2.12. The lowest BCUT2D eigenvalue weighted by Crippen LogP contribution is -2.24. The quantitative estimate of drug-likeness (QED) is 0.119. The Morgan fingerprint density at radius 2 is 1.24 bits per heavy atom. The predicted octanol–water partition coefficient (Wildman–Crippen LogP) is 7.02. The van der Waals surface area contributed by atoms with E-state index in [-0.39, 0.29) is 5.78 Å². The highest BCUT2D eigenvalue weighted by molar-refractivity contribution is 6.10. The number of nitrogen functional groups attached to an aromatic ring is 1. The molecule has 1 unspecified atom stereocenters. The van der Waals surface area contributed by atoms with Crippen LogP contribution in [0.2, 0.25) is 0 Å². The van der Waals surface area contributed by atoms with E-state index in [0.717, 1.165) is 19.3 Å². The van der Waals surface area contributed by atoms with Crippen LogP contribution in [0.1, 0.15) is 114 Å². The Kier molecular flexibility index (Phi) is 13.9. The van der Waals surface area contributed by atoms with Crippen molar-refractivity contribution in [3.63, 3.8) is 0 Å². The molecule has 4 nitrogen and oxygen atoms in total. The van der Waals surface area contributed by atoms with Gasteiger partial charge in [-0.1, -0.05) is 109 Å². The van der Waals surface area contributed by atoms with Crippen LogP contribution in [0.3, 0.4) is 0 Å². The molecule has 0 saturated carbocycles. The number of anilines is 1. The number of aliphatic carboxylic acids is 1. The van der Waals surface area contributed by atoms with Gasteiger partial charge in [-0.2, -0.15) is 0 Å². The summed E-state index contributed by atoms with van der Waals surface area (Å²) in [6.45, 7) is 2.25. The SMILES string of the molecule is CCCCCCCCCCCCCCCCC(C(=O)O)C(=O)c1ccccc1N. The minimum atomic E-state index is -1.05. The number of carboxylic acid groups (broad SMARTS) is 1. The highest BCUT2D eigenvalue weighted by Crippen LogP contribution is 2.21. The number of carbonyl (C=O) groups is 2. The van der Waals surface area contributed by atoms with Crippen molar-refractivity contribution in [3.05, 3.63) is 29.8 Å². The minimum Gasteiger partial charge on any atom is -0.481 e. The van der Waals surface area contributed by atoms with Crippen LogP contribution in [-0.4, -0.2) is 16.9 Å². The lowest BCUT2D eigenvalue weighted by molar-refractivity contribution is -0.140. The fourth-order valence-corrected chi connectivity index (χ4v) is 3.82. The molecule has 164 valence electrons. The Morgan fingerprint density at radius 3 is 1.69 bits per heavy atom. The smallest absolute Gasteiger partial charge is 0.314 e. The van der Waals surface area contributed by atoms with Crippen molar-refractivity contribution in [2.45, 2.75) is 103 Å². The second kappa shape index (κ2) is 16.0. The first-order valence-electron chi connectivity index (χ1n) is 11.7. The number of Topliss-reactive ketones (excluding diaryl/α,β-unsaturated/α-hetero) is 1. The molecule has 0 aliphatic heterocycles. The third-order valence-electron chi connectivity index (χ3n) is 5.69. The van der Waals surface area contributed by atoms with E-state index in [4.69, 9.17) is 5.73 Å². The van der Waals surface area contributed by atoms with E-state index in [1.54, 1.807) is 24.3 Å². The van der Waals surface area contributed by atoms with E-state index in [0.29, 0.717) is 17.7 Å². The van der Waals surface area contributed by atoms with E-state index in [2.05, 4.69) is 6.92 Å². The van der Waals surface area contributed by atoms with E-state index >= 15 is 0 Å². The maximum Gasteiger partial charge on any atom is 0.314 e. The third kappa shape index (κ3) is 11.1. The van der Waals surface area contributed by atoms with Crippen LogP contribution in [0.25, 0.3) is 0 Å². The normalized spacial score (nSPS) is 12.0. The second-order valence-electron chi connectivity index (χ2n) is 8.23. The molecule has 0 aromatic heterocycles. The van der Waals surface area contributed by atoms with Gasteiger partial charge < -0.3 is 10.8 Å². The Bertz CT molecular complexity index is 585. The maximum absolute atomic E-state index is 12.5. The first-order valence-corrected chi connectivity index (χ1v) is 11.7. The molecule has 0 amide bonds. The van der Waals surface area contributed by atoms with Crippen molar-refractivity contribution >= 4 is 17.4 Å². The first kappa shape index (κ1) is 25.2.